The number of benzene rings is 1. The van der Waals surface area contributed by atoms with Crippen molar-refractivity contribution >= 4 is 12.6 Å². The molecular weight excluding hydrogens is 289 g/mol. The fourth-order valence-corrected chi connectivity index (χ4v) is 3.25. The number of rotatable bonds is 3. The molecule has 2 heterocycles. The summed E-state index contributed by atoms with van der Waals surface area (Å²) >= 11 is 0. The van der Waals surface area contributed by atoms with Crippen molar-refractivity contribution < 1.29 is 14.4 Å². The molecule has 0 bridgehead atoms. The molecule has 0 aromatic heterocycles. The van der Waals surface area contributed by atoms with Gasteiger partial charge in [-0.1, -0.05) is 24.3 Å². The van der Waals surface area contributed by atoms with E-state index in [2.05, 4.69) is 56.9 Å². The van der Waals surface area contributed by atoms with E-state index in [-0.39, 0.29) is 24.4 Å². The van der Waals surface area contributed by atoms with Crippen molar-refractivity contribution in [2.24, 2.45) is 0 Å². The highest BCUT2D eigenvalue weighted by Gasteiger charge is 2.51. The quantitative estimate of drug-likeness (QED) is 0.865. The first kappa shape index (κ1) is 17.0. The molecule has 0 radical (unpaired) electrons. The predicted molar refractivity (Wildman–Crippen MR) is 92.7 cm³/mol. The lowest BCUT2D eigenvalue weighted by atomic mass is 9.78. The van der Waals surface area contributed by atoms with Crippen LogP contribution in [0, 0.1) is 0 Å². The molecule has 1 unspecified atom stereocenters. The van der Waals surface area contributed by atoms with Gasteiger partial charge in [0.2, 0.25) is 0 Å². The van der Waals surface area contributed by atoms with Crippen LogP contribution < -0.4 is 5.46 Å². The third kappa shape index (κ3) is 3.63. The Hall–Kier alpha value is -0.875. The minimum absolute atomic E-state index is 0.185. The van der Waals surface area contributed by atoms with Crippen LogP contribution in [-0.2, 0) is 15.9 Å². The summed E-state index contributed by atoms with van der Waals surface area (Å²) in [5.41, 5.74) is 1.68. The summed E-state index contributed by atoms with van der Waals surface area (Å²) in [6.07, 6.45) is 1.80. The molecule has 0 spiro atoms. The Kier molecular flexibility index (Phi) is 4.58. The van der Waals surface area contributed by atoms with Crippen LogP contribution in [0.25, 0.3) is 0 Å². The highest BCUT2D eigenvalue weighted by Crippen LogP contribution is 2.36. The number of hydrogen-bond donors (Lipinski definition) is 1. The van der Waals surface area contributed by atoms with Crippen molar-refractivity contribution in [2.45, 2.75) is 64.4 Å². The fourth-order valence-electron chi connectivity index (χ4n) is 3.25. The molecule has 1 aromatic carbocycles. The Morgan fingerprint density at radius 1 is 1.22 bits per heavy atom. The van der Waals surface area contributed by atoms with Gasteiger partial charge in [-0.3, -0.25) is 4.90 Å². The van der Waals surface area contributed by atoms with Crippen molar-refractivity contribution in [1.82, 2.24) is 4.90 Å². The molecule has 2 saturated heterocycles. The van der Waals surface area contributed by atoms with Gasteiger partial charge in [0.25, 0.3) is 0 Å². The molecule has 5 heteroatoms. The van der Waals surface area contributed by atoms with E-state index in [9.17, 15) is 5.11 Å². The van der Waals surface area contributed by atoms with E-state index in [1.165, 1.54) is 5.56 Å². The first-order valence-electron chi connectivity index (χ1n) is 8.62. The van der Waals surface area contributed by atoms with Gasteiger partial charge in [0.1, 0.15) is 0 Å². The first-order chi connectivity index (χ1) is 10.8. The van der Waals surface area contributed by atoms with Gasteiger partial charge in [0.15, 0.2) is 0 Å². The summed E-state index contributed by atoms with van der Waals surface area (Å²) in [4.78, 5) is 2.32. The first-order valence-corrected chi connectivity index (χ1v) is 8.62. The van der Waals surface area contributed by atoms with Crippen molar-refractivity contribution in [2.75, 3.05) is 13.1 Å². The number of aliphatic hydroxyl groups excluding tert-OH is 1. The molecule has 2 aliphatic rings. The summed E-state index contributed by atoms with van der Waals surface area (Å²) in [7, 11) is -0.313. The zero-order valence-corrected chi connectivity index (χ0v) is 14.7. The van der Waals surface area contributed by atoms with E-state index < -0.39 is 0 Å². The highest BCUT2D eigenvalue weighted by atomic mass is 16.7. The Balaban J connectivity index is 1.71. The van der Waals surface area contributed by atoms with Gasteiger partial charge < -0.3 is 14.4 Å². The van der Waals surface area contributed by atoms with Crippen molar-refractivity contribution in [1.29, 1.82) is 0 Å². The Morgan fingerprint density at radius 3 is 2.57 bits per heavy atom. The molecular formula is C18H28BNO3. The second-order valence-electron chi connectivity index (χ2n) is 7.86. The SMILES string of the molecule is CC1(C)OB(c2cccc(CN3CCCC(O)C3)c2)OC1(C)C. The molecule has 23 heavy (non-hydrogen) atoms. The van der Waals surface area contributed by atoms with Gasteiger partial charge in [0, 0.05) is 13.1 Å². The van der Waals surface area contributed by atoms with Gasteiger partial charge in [-0.25, -0.2) is 0 Å². The third-order valence-corrected chi connectivity index (χ3v) is 5.36. The van der Waals surface area contributed by atoms with Crippen LogP contribution >= 0.6 is 0 Å². The lowest BCUT2D eigenvalue weighted by molar-refractivity contribution is 0.00578. The molecule has 0 saturated carbocycles. The number of hydrogen-bond acceptors (Lipinski definition) is 4. The maximum atomic E-state index is 9.82. The molecule has 1 aromatic rings. The summed E-state index contributed by atoms with van der Waals surface area (Å²) < 4.78 is 12.3. The zero-order chi connectivity index (χ0) is 16.7. The molecule has 4 nitrogen and oxygen atoms in total. The predicted octanol–water partition coefficient (Wildman–Crippen LogP) is 1.94. The summed E-state index contributed by atoms with van der Waals surface area (Å²) in [6, 6.07) is 8.44. The zero-order valence-electron chi connectivity index (χ0n) is 14.7. The second-order valence-corrected chi connectivity index (χ2v) is 7.86. The van der Waals surface area contributed by atoms with Crippen molar-refractivity contribution in [3.63, 3.8) is 0 Å². The van der Waals surface area contributed by atoms with Crippen LogP contribution in [0.4, 0.5) is 0 Å². The van der Waals surface area contributed by atoms with Crippen LogP contribution in [0.2, 0.25) is 0 Å². The molecule has 2 aliphatic heterocycles. The number of likely N-dealkylation sites (tertiary alicyclic amines) is 1. The standard InChI is InChI=1S/C18H28BNO3/c1-17(2)18(3,4)23-19(22-17)15-8-5-7-14(11-15)12-20-10-6-9-16(21)13-20/h5,7-8,11,16,21H,6,9-10,12-13H2,1-4H3. The van der Waals surface area contributed by atoms with Crippen LogP contribution in [0.5, 0.6) is 0 Å². The molecule has 1 atom stereocenters. The highest BCUT2D eigenvalue weighted by molar-refractivity contribution is 6.62. The molecule has 0 amide bonds. The van der Waals surface area contributed by atoms with Crippen molar-refractivity contribution in [3.8, 4) is 0 Å². The molecule has 3 rings (SSSR count). The monoisotopic (exact) mass is 317 g/mol. The lowest BCUT2D eigenvalue weighted by Crippen LogP contribution is -2.41. The largest absolute Gasteiger partial charge is 0.494 e. The minimum Gasteiger partial charge on any atom is -0.399 e. The maximum Gasteiger partial charge on any atom is 0.494 e. The van der Waals surface area contributed by atoms with E-state index in [0.29, 0.717) is 0 Å². The van der Waals surface area contributed by atoms with E-state index in [0.717, 1.165) is 37.9 Å². The maximum absolute atomic E-state index is 9.82. The normalized spacial score (nSPS) is 27.3. The van der Waals surface area contributed by atoms with E-state index in [1.54, 1.807) is 0 Å². The minimum atomic E-state index is -0.315. The number of β-amino-alcohol motifs (C(OH)–C–C–N with tert-alkyl or cyclic N) is 1. The van der Waals surface area contributed by atoms with E-state index >= 15 is 0 Å². The lowest BCUT2D eigenvalue weighted by Gasteiger charge is -2.32. The summed E-state index contributed by atoms with van der Waals surface area (Å²) in [5, 5.41) is 9.82. The third-order valence-electron chi connectivity index (χ3n) is 5.36. The molecule has 2 fully saturated rings. The van der Waals surface area contributed by atoms with Crippen molar-refractivity contribution in [3.05, 3.63) is 29.8 Å². The number of piperidine rings is 1. The Morgan fingerprint density at radius 2 is 1.91 bits per heavy atom. The average Bonchev–Trinajstić information content (AvgIpc) is 2.68. The van der Waals surface area contributed by atoms with Gasteiger partial charge in [0.05, 0.1) is 17.3 Å². The van der Waals surface area contributed by atoms with Gasteiger partial charge >= 0.3 is 7.12 Å². The van der Waals surface area contributed by atoms with Crippen LogP contribution in [-0.4, -0.2) is 47.5 Å². The van der Waals surface area contributed by atoms with Crippen LogP contribution in [0.3, 0.4) is 0 Å². The number of aliphatic hydroxyl groups is 1. The van der Waals surface area contributed by atoms with E-state index in [1.807, 2.05) is 0 Å². The smallest absolute Gasteiger partial charge is 0.399 e. The second kappa shape index (κ2) is 6.21. The van der Waals surface area contributed by atoms with E-state index in [4.69, 9.17) is 9.31 Å². The molecule has 0 aliphatic carbocycles. The summed E-state index contributed by atoms with van der Waals surface area (Å²) in [6.45, 7) is 11.0. The van der Waals surface area contributed by atoms with Crippen LogP contribution in [0.15, 0.2) is 24.3 Å². The molecule has 126 valence electrons. The fraction of sp³-hybridized carbons (Fsp3) is 0.667. The molecule has 1 N–H and O–H groups in total. The van der Waals surface area contributed by atoms with Gasteiger partial charge in [-0.2, -0.15) is 0 Å². The Bertz CT molecular complexity index is 545. The average molecular weight is 317 g/mol. The summed E-state index contributed by atoms with van der Waals surface area (Å²) in [5.74, 6) is 0. The van der Waals surface area contributed by atoms with Gasteiger partial charge in [-0.15, -0.1) is 0 Å². The topological polar surface area (TPSA) is 41.9 Å². The van der Waals surface area contributed by atoms with Gasteiger partial charge in [-0.05, 0) is 58.1 Å². The Labute approximate surface area is 139 Å². The number of nitrogens with zero attached hydrogens (tertiary/aromatic N) is 1. The van der Waals surface area contributed by atoms with Crippen LogP contribution in [0.1, 0.15) is 46.1 Å².